The number of anilines is 2. The van der Waals surface area contributed by atoms with Gasteiger partial charge in [0.05, 0.1) is 35.5 Å². The number of nitrogens with one attached hydrogen (secondary N) is 2. The van der Waals surface area contributed by atoms with Crippen molar-refractivity contribution in [1.82, 2.24) is 14.8 Å². The second-order valence-electron chi connectivity index (χ2n) is 9.73. The smallest absolute Gasteiger partial charge is 0.110 e. The number of pyridine rings is 1. The van der Waals surface area contributed by atoms with Gasteiger partial charge in [0.2, 0.25) is 0 Å². The number of hydrogen-bond donors (Lipinski definition) is 2. The maximum Gasteiger partial charge on any atom is 0.110 e. The predicted molar refractivity (Wildman–Crippen MR) is 132 cm³/mol. The molecular weight excluding hydrogens is 396 g/mol. The standard InChI is InChI=1S/C26H36N6/c1-31(2)18-28-20-12-14-21(15-13-20)32(17-25-29-22-9-3-4-10-23(22)30-25)24-11-5-7-19-8-6-16-27-26(19)24/h3-4,6,8-10,16,18,20-21,24-25,29-30H,5,7,11-15,17H2,1-2H3/b28-18+/t20-,21-,24?. The van der Waals surface area contributed by atoms with Crippen molar-refractivity contribution < 1.29 is 0 Å². The highest BCUT2D eigenvalue weighted by molar-refractivity contribution is 5.74. The third-order valence-corrected chi connectivity index (χ3v) is 7.19. The number of para-hydroxylation sites is 2. The van der Waals surface area contributed by atoms with Gasteiger partial charge in [-0.3, -0.25) is 14.9 Å². The quantitative estimate of drug-likeness (QED) is 0.519. The fraction of sp³-hybridized carbons (Fsp3) is 0.538. The Bertz CT molecular complexity index is 908. The van der Waals surface area contributed by atoms with Gasteiger partial charge in [-0.25, -0.2) is 0 Å². The molecule has 2 aliphatic carbocycles. The molecule has 1 aliphatic heterocycles. The molecule has 6 nitrogen and oxygen atoms in total. The van der Waals surface area contributed by atoms with Crippen LogP contribution in [0.5, 0.6) is 0 Å². The normalized spacial score (nSPS) is 25.3. The highest BCUT2D eigenvalue weighted by Crippen LogP contribution is 2.38. The largest absolute Gasteiger partial charge is 0.369 e. The first-order valence-corrected chi connectivity index (χ1v) is 12.2. The van der Waals surface area contributed by atoms with Gasteiger partial charge in [0.25, 0.3) is 0 Å². The summed E-state index contributed by atoms with van der Waals surface area (Å²) in [6.07, 6.45) is 12.5. The summed E-state index contributed by atoms with van der Waals surface area (Å²) in [5.41, 5.74) is 5.17. The maximum atomic E-state index is 4.88. The van der Waals surface area contributed by atoms with E-state index >= 15 is 0 Å². The lowest BCUT2D eigenvalue weighted by atomic mass is 9.85. The number of nitrogens with zero attached hydrogens (tertiary/aromatic N) is 4. The monoisotopic (exact) mass is 432 g/mol. The molecule has 1 fully saturated rings. The minimum absolute atomic E-state index is 0.228. The van der Waals surface area contributed by atoms with Crippen LogP contribution in [0, 0.1) is 0 Å². The third-order valence-electron chi connectivity index (χ3n) is 7.19. The molecule has 2 N–H and O–H groups in total. The van der Waals surface area contributed by atoms with Gasteiger partial charge in [-0.2, -0.15) is 0 Å². The molecule has 0 amide bonds. The van der Waals surface area contributed by atoms with Crippen LogP contribution in [0.4, 0.5) is 11.4 Å². The Kier molecular flexibility index (Phi) is 6.30. The zero-order chi connectivity index (χ0) is 21.9. The van der Waals surface area contributed by atoms with Gasteiger partial charge in [-0.1, -0.05) is 18.2 Å². The van der Waals surface area contributed by atoms with Gasteiger partial charge in [0.1, 0.15) is 6.17 Å². The minimum Gasteiger partial charge on any atom is -0.369 e. The molecule has 32 heavy (non-hydrogen) atoms. The van der Waals surface area contributed by atoms with E-state index in [1.165, 1.54) is 61.2 Å². The van der Waals surface area contributed by atoms with Crippen molar-refractivity contribution in [3.8, 4) is 0 Å². The molecule has 0 spiro atoms. The summed E-state index contributed by atoms with van der Waals surface area (Å²) in [4.78, 5) is 14.5. The lowest BCUT2D eigenvalue weighted by Crippen LogP contribution is -2.48. The molecule has 2 heterocycles. The summed E-state index contributed by atoms with van der Waals surface area (Å²) in [6.45, 7) is 0.978. The Balaban J connectivity index is 1.34. The minimum atomic E-state index is 0.228. The van der Waals surface area contributed by atoms with E-state index in [1.54, 1.807) is 0 Å². The molecule has 0 radical (unpaired) electrons. The van der Waals surface area contributed by atoms with E-state index in [9.17, 15) is 0 Å². The predicted octanol–water partition coefficient (Wildman–Crippen LogP) is 4.53. The van der Waals surface area contributed by atoms with E-state index in [0.717, 1.165) is 13.0 Å². The molecule has 170 valence electrons. The van der Waals surface area contributed by atoms with E-state index < -0.39 is 0 Å². The summed E-state index contributed by atoms with van der Waals surface area (Å²) < 4.78 is 0. The molecule has 3 aliphatic rings. The Labute approximate surface area is 192 Å². The third kappa shape index (κ3) is 4.60. The van der Waals surface area contributed by atoms with Crippen LogP contribution in [0.1, 0.15) is 55.8 Å². The van der Waals surface area contributed by atoms with E-state index in [0.29, 0.717) is 18.1 Å². The van der Waals surface area contributed by atoms with Gasteiger partial charge in [0, 0.05) is 32.9 Å². The SMILES string of the molecule is CN(C)/C=N/[C@H]1CC[C@H](N(CC2Nc3ccccc3N2)C2CCCc3cccnc32)CC1. The number of aryl methyl sites for hydroxylation is 1. The molecule has 1 aromatic carbocycles. The van der Waals surface area contributed by atoms with Crippen molar-refractivity contribution in [1.29, 1.82) is 0 Å². The topological polar surface area (TPSA) is 55.8 Å². The summed E-state index contributed by atoms with van der Waals surface area (Å²) >= 11 is 0. The summed E-state index contributed by atoms with van der Waals surface area (Å²) in [6, 6.07) is 14.3. The second kappa shape index (κ2) is 9.49. The molecule has 6 heteroatoms. The Morgan fingerprint density at radius 1 is 1.00 bits per heavy atom. The average molecular weight is 433 g/mol. The van der Waals surface area contributed by atoms with Crippen molar-refractivity contribution >= 4 is 17.7 Å². The van der Waals surface area contributed by atoms with Gasteiger partial charge in [-0.15, -0.1) is 0 Å². The van der Waals surface area contributed by atoms with Crippen LogP contribution < -0.4 is 10.6 Å². The Hall–Kier alpha value is -2.60. The number of benzene rings is 1. The van der Waals surface area contributed by atoms with Crippen LogP contribution in [0.3, 0.4) is 0 Å². The summed E-state index contributed by atoms with van der Waals surface area (Å²) in [7, 11) is 4.09. The molecule has 0 bridgehead atoms. The first kappa shape index (κ1) is 21.3. The van der Waals surface area contributed by atoms with Crippen molar-refractivity contribution in [2.75, 3.05) is 31.3 Å². The number of rotatable bonds is 6. The van der Waals surface area contributed by atoms with Crippen LogP contribution in [-0.4, -0.2) is 60.0 Å². The highest BCUT2D eigenvalue weighted by Gasteiger charge is 2.36. The lowest BCUT2D eigenvalue weighted by Gasteiger charge is -2.43. The molecule has 0 saturated heterocycles. The van der Waals surface area contributed by atoms with Crippen LogP contribution in [-0.2, 0) is 6.42 Å². The second-order valence-corrected chi connectivity index (χ2v) is 9.73. The molecule has 2 aromatic rings. The van der Waals surface area contributed by atoms with Gasteiger partial charge in [-0.05, 0) is 68.7 Å². The highest BCUT2D eigenvalue weighted by atomic mass is 15.3. The number of aliphatic imine (C=N–C) groups is 1. The van der Waals surface area contributed by atoms with Crippen LogP contribution in [0.25, 0.3) is 0 Å². The first-order chi connectivity index (χ1) is 15.7. The van der Waals surface area contributed by atoms with Crippen molar-refractivity contribution in [2.45, 2.75) is 69.2 Å². The van der Waals surface area contributed by atoms with E-state index in [4.69, 9.17) is 9.98 Å². The molecule has 1 saturated carbocycles. The molecule has 1 unspecified atom stereocenters. The van der Waals surface area contributed by atoms with Gasteiger partial charge in [0.15, 0.2) is 0 Å². The van der Waals surface area contributed by atoms with Crippen molar-refractivity contribution in [2.24, 2.45) is 4.99 Å². The van der Waals surface area contributed by atoms with E-state index in [2.05, 4.69) is 51.9 Å². The first-order valence-electron chi connectivity index (χ1n) is 12.2. The van der Waals surface area contributed by atoms with Crippen molar-refractivity contribution in [3.05, 3.63) is 53.9 Å². The Morgan fingerprint density at radius 3 is 2.47 bits per heavy atom. The molecule has 5 rings (SSSR count). The fourth-order valence-corrected chi connectivity index (χ4v) is 5.65. The van der Waals surface area contributed by atoms with E-state index in [1.807, 2.05) is 31.5 Å². The van der Waals surface area contributed by atoms with Gasteiger partial charge < -0.3 is 15.5 Å². The lowest BCUT2D eigenvalue weighted by molar-refractivity contribution is 0.0847. The molecule has 1 atom stereocenters. The van der Waals surface area contributed by atoms with E-state index in [-0.39, 0.29) is 6.17 Å². The number of fused-ring (bicyclic) bond motifs is 2. The number of aromatic nitrogens is 1. The maximum absolute atomic E-state index is 4.88. The van der Waals surface area contributed by atoms with Crippen LogP contribution >= 0.6 is 0 Å². The van der Waals surface area contributed by atoms with Crippen LogP contribution in [0.2, 0.25) is 0 Å². The summed E-state index contributed by atoms with van der Waals surface area (Å²) in [5.74, 6) is 0. The average Bonchev–Trinajstić information content (AvgIpc) is 3.24. The summed E-state index contributed by atoms with van der Waals surface area (Å²) in [5, 5.41) is 7.41. The zero-order valence-corrected chi connectivity index (χ0v) is 19.4. The fourth-order valence-electron chi connectivity index (χ4n) is 5.65. The molecular formula is C26H36N6. The van der Waals surface area contributed by atoms with Crippen molar-refractivity contribution in [3.63, 3.8) is 0 Å². The van der Waals surface area contributed by atoms with Crippen LogP contribution in [0.15, 0.2) is 47.6 Å². The Morgan fingerprint density at radius 2 is 1.75 bits per heavy atom. The van der Waals surface area contributed by atoms with Gasteiger partial charge >= 0.3 is 0 Å². The zero-order valence-electron chi connectivity index (χ0n) is 19.4. The number of hydrogen-bond acceptors (Lipinski definition) is 5. The molecule has 1 aromatic heterocycles.